The van der Waals surface area contributed by atoms with Crippen molar-refractivity contribution in [2.45, 2.75) is 83.1 Å². The van der Waals surface area contributed by atoms with Crippen molar-refractivity contribution in [1.29, 1.82) is 0 Å². The molecule has 1 atom stereocenters. The maximum atomic E-state index is 15.3. The summed E-state index contributed by atoms with van der Waals surface area (Å²) in [6.45, 7) is 2.76. The molecular weight excluding hydrogens is 376 g/mol. The summed E-state index contributed by atoms with van der Waals surface area (Å²) in [5.74, 6) is -3.28. The van der Waals surface area contributed by atoms with Crippen LogP contribution >= 0.6 is 0 Å². The average molecular weight is 408 g/mol. The van der Waals surface area contributed by atoms with E-state index < -0.39 is 17.7 Å². The van der Waals surface area contributed by atoms with Crippen LogP contribution in [0.1, 0.15) is 83.0 Å². The van der Waals surface area contributed by atoms with Crippen LogP contribution in [-0.4, -0.2) is 44.1 Å². The highest BCUT2D eigenvalue weighted by Crippen LogP contribution is 2.63. The van der Waals surface area contributed by atoms with Gasteiger partial charge in [-0.1, -0.05) is 12.8 Å². The number of rotatable bonds is 4. The van der Waals surface area contributed by atoms with E-state index in [0.717, 1.165) is 44.9 Å². The van der Waals surface area contributed by atoms with Crippen LogP contribution in [0.2, 0.25) is 0 Å². The summed E-state index contributed by atoms with van der Waals surface area (Å²) in [6.07, 6.45) is 10.6. The standard InChI is InChI=1S/C21H31F2N5O/c1-14(20-11-15-8-16(12-20)10-17(9-15)13-20)28-18(24-25-26-28)21(22,23)19(29)27-6-4-2-3-5-7-27/h14-17H,2-13H2,1H3. The molecule has 1 aliphatic heterocycles. The zero-order valence-corrected chi connectivity index (χ0v) is 17.2. The topological polar surface area (TPSA) is 63.9 Å². The summed E-state index contributed by atoms with van der Waals surface area (Å²) in [5, 5.41) is 11.3. The Morgan fingerprint density at radius 2 is 1.59 bits per heavy atom. The van der Waals surface area contributed by atoms with Gasteiger partial charge in [-0.05, 0) is 91.9 Å². The molecule has 5 fully saturated rings. The number of likely N-dealkylation sites (tertiary alicyclic amines) is 1. The summed E-state index contributed by atoms with van der Waals surface area (Å²) in [6, 6.07) is -0.219. The molecule has 8 heteroatoms. The molecule has 0 radical (unpaired) electrons. The Balaban J connectivity index is 1.42. The van der Waals surface area contributed by atoms with E-state index in [2.05, 4.69) is 15.5 Å². The summed E-state index contributed by atoms with van der Waals surface area (Å²) in [7, 11) is 0. The van der Waals surface area contributed by atoms with Gasteiger partial charge in [0.2, 0.25) is 5.82 Å². The highest BCUT2D eigenvalue weighted by atomic mass is 19.3. The first-order valence-electron chi connectivity index (χ1n) is 11.3. The van der Waals surface area contributed by atoms with Crippen molar-refractivity contribution < 1.29 is 13.6 Å². The minimum atomic E-state index is -3.69. The molecular formula is C21H31F2N5O. The number of amides is 1. The van der Waals surface area contributed by atoms with Gasteiger partial charge in [-0.15, -0.1) is 5.10 Å². The minimum absolute atomic E-state index is 0.0133. The van der Waals surface area contributed by atoms with Crippen molar-refractivity contribution in [2.24, 2.45) is 23.2 Å². The predicted octanol–water partition coefficient (Wildman–Crippen LogP) is 3.94. The van der Waals surface area contributed by atoms with Gasteiger partial charge in [0, 0.05) is 13.1 Å². The summed E-state index contributed by atoms with van der Waals surface area (Å²) >= 11 is 0. The fourth-order valence-electron chi connectivity index (χ4n) is 7.18. The van der Waals surface area contributed by atoms with Gasteiger partial charge >= 0.3 is 11.8 Å². The molecule has 1 amide bonds. The second-order valence-corrected chi connectivity index (χ2v) is 10.2. The number of alkyl halides is 2. The molecule has 2 heterocycles. The number of tetrazole rings is 1. The largest absolute Gasteiger partial charge is 0.384 e. The molecule has 1 saturated heterocycles. The van der Waals surface area contributed by atoms with Crippen LogP contribution in [0.5, 0.6) is 0 Å². The van der Waals surface area contributed by atoms with E-state index in [1.54, 1.807) is 0 Å². The third-order valence-corrected chi connectivity index (χ3v) is 8.27. The molecule has 0 aromatic carbocycles. The van der Waals surface area contributed by atoms with E-state index in [4.69, 9.17) is 0 Å². The molecule has 4 saturated carbocycles. The fourth-order valence-corrected chi connectivity index (χ4v) is 7.18. The number of nitrogens with zero attached hydrogens (tertiary/aromatic N) is 5. The lowest BCUT2D eigenvalue weighted by molar-refractivity contribution is -0.161. The number of carbonyl (C=O) groups is 1. The minimum Gasteiger partial charge on any atom is -0.337 e. The molecule has 0 spiro atoms. The quantitative estimate of drug-likeness (QED) is 0.758. The first-order chi connectivity index (χ1) is 13.9. The van der Waals surface area contributed by atoms with Crippen LogP contribution in [0.25, 0.3) is 0 Å². The maximum absolute atomic E-state index is 15.3. The van der Waals surface area contributed by atoms with Gasteiger partial charge in [-0.25, -0.2) is 4.68 Å². The first kappa shape index (κ1) is 19.4. The van der Waals surface area contributed by atoms with E-state index >= 15 is 8.78 Å². The van der Waals surface area contributed by atoms with E-state index in [1.165, 1.54) is 28.8 Å². The van der Waals surface area contributed by atoms with Crippen molar-refractivity contribution in [2.75, 3.05) is 13.1 Å². The van der Waals surface area contributed by atoms with Crippen LogP contribution in [-0.2, 0) is 10.7 Å². The van der Waals surface area contributed by atoms with Gasteiger partial charge in [-0.3, -0.25) is 4.79 Å². The summed E-state index contributed by atoms with van der Waals surface area (Å²) in [5.41, 5.74) is -0.0133. The zero-order chi connectivity index (χ0) is 20.2. The number of carbonyl (C=O) groups excluding carboxylic acids is 1. The van der Waals surface area contributed by atoms with Crippen LogP contribution in [0.4, 0.5) is 8.78 Å². The molecule has 6 nitrogen and oxygen atoms in total. The first-order valence-corrected chi connectivity index (χ1v) is 11.3. The Bertz CT molecular complexity index is 736. The van der Waals surface area contributed by atoms with Crippen molar-refractivity contribution in [3.63, 3.8) is 0 Å². The number of hydrogen-bond donors (Lipinski definition) is 0. The third-order valence-electron chi connectivity index (χ3n) is 8.27. The smallest absolute Gasteiger partial charge is 0.337 e. The molecule has 160 valence electrons. The van der Waals surface area contributed by atoms with Crippen molar-refractivity contribution in [3.05, 3.63) is 5.82 Å². The van der Waals surface area contributed by atoms with E-state index in [1.807, 2.05) is 6.92 Å². The Labute approximate surface area is 170 Å². The SMILES string of the molecule is CC(n1nnnc1C(F)(F)C(=O)N1CCCCCC1)C12CC3CC(CC(C3)C1)C2. The molecule has 1 unspecified atom stereocenters. The summed E-state index contributed by atoms with van der Waals surface area (Å²) in [4.78, 5) is 14.1. The van der Waals surface area contributed by atoms with E-state index in [-0.39, 0.29) is 11.5 Å². The Kier molecular flexibility index (Phi) is 4.66. The van der Waals surface area contributed by atoms with Gasteiger partial charge in [0.15, 0.2) is 0 Å². The lowest BCUT2D eigenvalue weighted by Gasteiger charge is -2.58. The average Bonchev–Trinajstić information content (AvgIpc) is 3.02. The Hall–Kier alpha value is -1.60. The van der Waals surface area contributed by atoms with Crippen LogP contribution < -0.4 is 0 Å². The van der Waals surface area contributed by atoms with Crippen LogP contribution in [0.3, 0.4) is 0 Å². The second kappa shape index (κ2) is 6.98. The molecule has 4 bridgehead atoms. The number of halogens is 2. The maximum Gasteiger partial charge on any atom is 0.384 e. The van der Waals surface area contributed by atoms with Crippen molar-refractivity contribution >= 4 is 5.91 Å². The van der Waals surface area contributed by atoms with Gasteiger partial charge in [0.05, 0.1) is 6.04 Å². The lowest BCUT2D eigenvalue weighted by Crippen LogP contribution is -2.50. The lowest BCUT2D eigenvalue weighted by atomic mass is 9.48. The molecule has 5 aliphatic rings. The Morgan fingerprint density at radius 1 is 1.03 bits per heavy atom. The van der Waals surface area contributed by atoms with Crippen LogP contribution in [0, 0.1) is 23.2 Å². The second-order valence-electron chi connectivity index (χ2n) is 10.2. The molecule has 29 heavy (non-hydrogen) atoms. The third kappa shape index (κ3) is 3.17. The number of hydrogen-bond acceptors (Lipinski definition) is 4. The fraction of sp³-hybridized carbons (Fsp3) is 0.905. The van der Waals surface area contributed by atoms with Crippen LogP contribution in [0.15, 0.2) is 0 Å². The van der Waals surface area contributed by atoms with Crippen molar-refractivity contribution in [3.8, 4) is 0 Å². The van der Waals surface area contributed by atoms with Gasteiger partial charge in [0.1, 0.15) is 0 Å². The van der Waals surface area contributed by atoms with E-state index in [0.29, 0.717) is 30.8 Å². The number of aromatic nitrogens is 4. The van der Waals surface area contributed by atoms with Crippen molar-refractivity contribution in [1.82, 2.24) is 25.1 Å². The normalized spacial score (nSPS) is 35.6. The molecule has 0 N–H and O–H groups in total. The predicted molar refractivity (Wildman–Crippen MR) is 102 cm³/mol. The molecule has 1 aromatic rings. The van der Waals surface area contributed by atoms with Gasteiger partial charge in [-0.2, -0.15) is 8.78 Å². The molecule has 1 aromatic heterocycles. The highest BCUT2D eigenvalue weighted by Gasteiger charge is 2.56. The molecule has 4 aliphatic carbocycles. The zero-order valence-electron chi connectivity index (χ0n) is 17.2. The van der Waals surface area contributed by atoms with E-state index in [9.17, 15) is 4.79 Å². The van der Waals surface area contributed by atoms with Gasteiger partial charge in [0.25, 0.3) is 0 Å². The Morgan fingerprint density at radius 3 is 2.14 bits per heavy atom. The monoisotopic (exact) mass is 407 g/mol. The van der Waals surface area contributed by atoms with Gasteiger partial charge < -0.3 is 4.90 Å². The molecule has 6 rings (SSSR count). The summed E-state index contributed by atoms with van der Waals surface area (Å²) < 4.78 is 32.0. The highest BCUT2D eigenvalue weighted by molar-refractivity contribution is 5.84.